The molecule has 3 atom stereocenters. The quantitative estimate of drug-likeness (QED) is 0.326. The van der Waals surface area contributed by atoms with E-state index in [9.17, 15) is 14.9 Å². The first kappa shape index (κ1) is 16.0. The first-order valence-corrected chi connectivity index (χ1v) is 7.68. The van der Waals surface area contributed by atoms with E-state index in [-0.39, 0.29) is 28.8 Å². The van der Waals surface area contributed by atoms with Gasteiger partial charge in [0.05, 0.1) is 0 Å². The second-order valence-corrected chi connectivity index (χ2v) is 7.26. The standard InChI is InChI=1S/C16H25NO4/c1-5-12-6-13-8-16(10-17(19)20,14(13)7-12)9-15(3,4)21-11(2)18/h7,13-14H,5-6,8-10H2,1-4H3/t13-,14-,16-/m0/s1. The zero-order chi connectivity index (χ0) is 15.8. The molecule has 0 saturated heterocycles. The molecule has 0 aromatic rings. The van der Waals surface area contributed by atoms with Crippen LogP contribution in [-0.4, -0.2) is 23.0 Å². The molecule has 0 bridgehead atoms. The Kier molecular flexibility index (Phi) is 4.13. The van der Waals surface area contributed by atoms with Crippen LogP contribution in [0.3, 0.4) is 0 Å². The lowest BCUT2D eigenvalue weighted by Gasteiger charge is -2.52. The molecule has 0 N–H and O–H groups in total. The second kappa shape index (κ2) is 5.43. The highest BCUT2D eigenvalue weighted by atomic mass is 16.6. The van der Waals surface area contributed by atoms with Gasteiger partial charge in [0.2, 0.25) is 6.54 Å². The zero-order valence-corrected chi connectivity index (χ0v) is 13.3. The molecular formula is C16H25NO4. The molecule has 5 nitrogen and oxygen atoms in total. The molecule has 0 unspecified atom stereocenters. The van der Waals surface area contributed by atoms with E-state index in [1.54, 1.807) is 0 Å². The minimum atomic E-state index is -0.657. The predicted octanol–water partition coefficient (Wildman–Crippen LogP) is 3.36. The van der Waals surface area contributed by atoms with Gasteiger partial charge < -0.3 is 4.74 Å². The van der Waals surface area contributed by atoms with Gasteiger partial charge in [0, 0.05) is 17.3 Å². The molecule has 0 aromatic heterocycles. The normalized spacial score (nSPS) is 31.1. The van der Waals surface area contributed by atoms with Gasteiger partial charge in [-0.1, -0.05) is 18.6 Å². The van der Waals surface area contributed by atoms with E-state index in [0.717, 1.165) is 19.3 Å². The van der Waals surface area contributed by atoms with Crippen LogP contribution in [0, 0.1) is 27.4 Å². The van der Waals surface area contributed by atoms with Crippen LogP contribution < -0.4 is 0 Å². The Morgan fingerprint density at radius 1 is 1.57 bits per heavy atom. The van der Waals surface area contributed by atoms with Gasteiger partial charge in [0.25, 0.3) is 0 Å². The van der Waals surface area contributed by atoms with Crippen molar-refractivity contribution >= 4 is 5.97 Å². The van der Waals surface area contributed by atoms with Gasteiger partial charge in [-0.25, -0.2) is 0 Å². The van der Waals surface area contributed by atoms with Crippen molar-refractivity contribution in [3.63, 3.8) is 0 Å². The molecular weight excluding hydrogens is 270 g/mol. The third kappa shape index (κ3) is 3.27. The van der Waals surface area contributed by atoms with Gasteiger partial charge in [-0.15, -0.1) is 0 Å². The molecule has 0 aliphatic heterocycles. The monoisotopic (exact) mass is 295 g/mol. The van der Waals surface area contributed by atoms with E-state index in [4.69, 9.17) is 4.74 Å². The van der Waals surface area contributed by atoms with E-state index in [1.807, 2.05) is 13.8 Å². The molecule has 2 rings (SSSR count). The van der Waals surface area contributed by atoms with Gasteiger partial charge in [0.15, 0.2) is 0 Å². The number of rotatable bonds is 6. The van der Waals surface area contributed by atoms with Gasteiger partial charge in [-0.3, -0.25) is 14.9 Å². The maximum atomic E-state index is 11.2. The van der Waals surface area contributed by atoms with E-state index in [1.165, 1.54) is 12.5 Å². The Morgan fingerprint density at radius 2 is 2.24 bits per heavy atom. The molecule has 0 radical (unpaired) electrons. The number of allylic oxidation sites excluding steroid dienone is 2. The molecule has 2 aliphatic rings. The fourth-order valence-electron chi connectivity index (χ4n) is 4.50. The topological polar surface area (TPSA) is 69.4 Å². The zero-order valence-electron chi connectivity index (χ0n) is 13.3. The van der Waals surface area contributed by atoms with Crippen LogP contribution >= 0.6 is 0 Å². The summed E-state index contributed by atoms with van der Waals surface area (Å²) in [5.74, 6) is 0.490. The molecule has 0 heterocycles. The van der Waals surface area contributed by atoms with Crippen LogP contribution in [0.2, 0.25) is 0 Å². The lowest BCUT2D eigenvalue weighted by atomic mass is 9.52. The Hall–Kier alpha value is -1.39. The lowest BCUT2D eigenvalue weighted by molar-refractivity contribution is -0.507. The predicted molar refractivity (Wildman–Crippen MR) is 79.3 cm³/mol. The number of carbonyl (C=O) groups excluding carboxylic acids is 1. The van der Waals surface area contributed by atoms with Gasteiger partial charge in [-0.2, -0.15) is 0 Å². The number of nitrogens with zero attached hydrogens (tertiary/aromatic N) is 1. The Balaban J connectivity index is 2.18. The third-order valence-corrected chi connectivity index (χ3v) is 4.92. The van der Waals surface area contributed by atoms with Crippen molar-refractivity contribution in [2.45, 2.75) is 59.0 Å². The molecule has 0 spiro atoms. The highest BCUT2D eigenvalue weighted by Crippen LogP contribution is 2.61. The fourth-order valence-corrected chi connectivity index (χ4v) is 4.50. The number of esters is 1. The summed E-state index contributed by atoms with van der Waals surface area (Å²) >= 11 is 0. The summed E-state index contributed by atoms with van der Waals surface area (Å²) < 4.78 is 5.37. The van der Waals surface area contributed by atoms with E-state index in [0.29, 0.717) is 12.3 Å². The van der Waals surface area contributed by atoms with Gasteiger partial charge >= 0.3 is 5.97 Å². The molecule has 118 valence electrons. The maximum Gasteiger partial charge on any atom is 0.303 e. The smallest absolute Gasteiger partial charge is 0.303 e. The van der Waals surface area contributed by atoms with E-state index in [2.05, 4.69) is 13.0 Å². The summed E-state index contributed by atoms with van der Waals surface area (Å²) in [6, 6.07) is 0. The minimum Gasteiger partial charge on any atom is -0.460 e. The van der Waals surface area contributed by atoms with Crippen molar-refractivity contribution in [3.8, 4) is 0 Å². The minimum absolute atomic E-state index is 0.0354. The third-order valence-electron chi connectivity index (χ3n) is 4.92. The maximum absolute atomic E-state index is 11.2. The van der Waals surface area contributed by atoms with Crippen LogP contribution in [0.15, 0.2) is 11.6 Å². The molecule has 2 aliphatic carbocycles. The highest BCUT2D eigenvalue weighted by molar-refractivity contribution is 5.66. The number of nitro groups is 1. The molecule has 5 heteroatoms. The summed E-state index contributed by atoms with van der Waals surface area (Å²) in [6.07, 6.45) is 5.77. The summed E-state index contributed by atoms with van der Waals surface area (Å²) in [7, 11) is 0. The van der Waals surface area contributed by atoms with Crippen molar-refractivity contribution in [2.75, 3.05) is 6.54 Å². The Bertz CT molecular complexity index is 483. The number of hydrogen-bond donors (Lipinski definition) is 0. The van der Waals surface area contributed by atoms with E-state index >= 15 is 0 Å². The van der Waals surface area contributed by atoms with Gasteiger partial charge in [0.1, 0.15) is 5.60 Å². The fraction of sp³-hybridized carbons (Fsp3) is 0.812. The van der Waals surface area contributed by atoms with Crippen molar-refractivity contribution in [3.05, 3.63) is 21.8 Å². The van der Waals surface area contributed by atoms with Crippen LogP contribution in [0.25, 0.3) is 0 Å². The average Bonchev–Trinajstić information content (AvgIpc) is 2.63. The van der Waals surface area contributed by atoms with Crippen LogP contribution in [0.5, 0.6) is 0 Å². The molecule has 0 amide bonds. The summed E-state index contributed by atoms with van der Waals surface area (Å²) in [6.45, 7) is 7.18. The molecule has 1 fully saturated rings. The summed E-state index contributed by atoms with van der Waals surface area (Å²) in [5, 5.41) is 11.1. The van der Waals surface area contributed by atoms with Crippen molar-refractivity contribution in [2.24, 2.45) is 17.3 Å². The Labute approximate surface area is 125 Å². The van der Waals surface area contributed by atoms with Crippen LogP contribution in [-0.2, 0) is 9.53 Å². The summed E-state index contributed by atoms with van der Waals surface area (Å²) in [5.41, 5.74) is 0.403. The SMILES string of the molecule is CCC1=C[C@H]2[C@@H](C1)C[C@@]2(C[N+](=O)[O-])CC(C)(C)OC(C)=O. The lowest BCUT2D eigenvalue weighted by Crippen LogP contribution is -2.53. The van der Waals surface area contributed by atoms with Crippen LogP contribution in [0.1, 0.15) is 53.4 Å². The van der Waals surface area contributed by atoms with Crippen molar-refractivity contribution < 1.29 is 14.5 Å². The molecule has 1 saturated carbocycles. The van der Waals surface area contributed by atoms with Crippen molar-refractivity contribution in [1.29, 1.82) is 0 Å². The largest absolute Gasteiger partial charge is 0.460 e. The summed E-state index contributed by atoms with van der Waals surface area (Å²) in [4.78, 5) is 22.2. The highest BCUT2D eigenvalue weighted by Gasteiger charge is 2.59. The van der Waals surface area contributed by atoms with Crippen LogP contribution in [0.4, 0.5) is 0 Å². The first-order chi connectivity index (χ1) is 9.67. The molecule has 21 heavy (non-hydrogen) atoms. The number of hydrogen-bond acceptors (Lipinski definition) is 4. The first-order valence-electron chi connectivity index (χ1n) is 7.68. The van der Waals surface area contributed by atoms with E-state index < -0.39 is 5.60 Å². The Morgan fingerprint density at radius 3 is 2.76 bits per heavy atom. The molecule has 0 aromatic carbocycles. The number of carbonyl (C=O) groups is 1. The van der Waals surface area contributed by atoms with Crippen molar-refractivity contribution in [1.82, 2.24) is 0 Å². The second-order valence-electron chi connectivity index (χ2n) is 7.26. The van der Waals surface area contributed by atoms with Gasteiger partial charge in [-0.05, 0) is 51.4 Å². The number of ether oxygens (including phenoxy) is 1. The average molecular weight is 295 g/mol. The number of fused-ring (bicyclic) bond motifs is 1.